The summed E-state index contributed by atoms with van der Waals surface area (Å²) in [4.78, 5) is 27.8. The lowest BCUT2D eigenvalue weighted by Crippen LogP contribution is -2.43. The average Bonchev–Trinajstić information content (AvgIpc) is 3.22. The number of hydrogen-bond acceptors (Lipinski definition) is 6. The van der Waals surface area contributed by atoms with Gasteiger partial charge in [-0.25, -0.2) is 4.79 Å². The summed E-state index contributed by atoms with van der Waals surface area (Å²) < 4.78 is 9.77. The van der Waals surface area contributed by atoms with E-state index < -0.39 is 4.75 Å². The van der Waals surface area contributed by atoms with E-state index in [-0.39, 0.29) is 18.0 Å². The smallest absolute Gasteiger partial charge is 0.330 e. The van der Waals surface area contributed by atoms with Crippen molar-refractivity contribution in [2.24, 2.45) is 0 Å². The number of unbranched alkanes of at least 4 members (excludes halogenated alkanes) is 1. The molecule has 0 aromatic heterocycles. The van der Waals surface area contributed by atoms with Crippen molar-refractivity contribution in [1.29, 1.82) is 0 Å². The summed E-state index contributed by atoms with van der Waals surface area (Å²) in [5.41, 5.74) is 3.13. The fraction of sp³-hybridized carbons (Fsp3) is 0.429. The average molecular weight is 482 g/mol. The lowest BCUT2D eigenvalue weighted by atomic mass is 9.89. The van der Waals surface area contributed by atoms with Crippen LogP contribution in [0, 0.1) is 0 Å². The highest BCUT2D eigenvalue weighted by Gasteiger charge is 2.55. The summed E-state index contributed by atoms with van der Waals surface area (Å²) in [6.45, 7) is 5.79. The number of esters is 2. The molecule has 0 unspecified atom stereocenters. The maximum Gasteiger partial charge on any atom is 0.330 e. The molecule has 2 atom stereocenters. The van der Waals surface area contributed by atoms with Crippen molar-refractivity contribution < 1.29 is 19.1 Å². The number of nitrogens with zero attached hydrogens (tertiary/aromatic N) is 1. The number of hydrogen-bond donors (Lipinski definition) is 0. The Morgan fingerprint density at radius 1 is 1.12 bits per heavy atom. The Morgan fingerprint density at radius 2 is 1.85 bits per heavy atom. The van der Waals surface area contributed by atoms with Crippen LogP contribution in [0.1, 0.15) is 55.8 Å². The number of ether oxygens (including phenoxy) is 2. The highest BCUT2D eigenvalue weighted by molar-refractivity contribution is 8.01. The Labute approximate surface area is 207 Å². The Hall–Kier alpha value is -2.57. The summed E-state index contributed by atoms with van der Waals surface area (Å²) >= 11 is 1.72. The van der Waals surface area contributed by atoms with E-state index >= 15 is 0 Å². The molecule has 1 aliphatic rings. The van der Waals surface area contributed by atoms with Crippen molar-refractivity contribution in [2.75, 3.05) is 26.0 Å². The second-order valence-electron chi connectivity index (χ2n) is 8.41. The van der Waals surface area contributed by atoms with Crippen molar-refractivity contribution in [3.8, 4) is 0 Å². The Balaban J connectivity index is 2.07. The normalized spacial score (nSPS) is 20.5. The van der Waals surface area contributed by atoms with Gasteiger partial charge in [-0.3, -0.25) is 9.69 Å². The minimum absolute atomic E-state index is 0.182. The zero-order valence-electron chi connectivity index (χ0n) is 20.4. The Kier molecular flexibility index (Phi) is 9.78. The lowest BCUT2D eigenvalue weighted by Gasteiger charge is -2.37. The standard InChI is InChI=1S/C28H35NO4S/c1-4-6-20-34-28(27(31)32-3)18-19-29(21-22-12-8-7-9-13-22)26(28)24-15-11-10-14-23(24)16-17-25(30)33-5-2/h7-17,26H,4-6,18-21H2,1-3H3/b17-16+/t26-,28-/m1/s1. The molecule has 2 aromatic rings. The maximum atomic E-state index is 13.4. The number of carbonyl (C=O) groups is 2. The molecule has 0 radical (unpaired) electrons. The van der Waals surface area contributed by atoms with E-state index in [1.807, 2.05) is 36.4 Å². The van der Waals surface area contributed by atoms with Crippen LogP contribution in [0.4, 0.5) is 0 Å². The monoisotopic (exact) mass is 481 g/mol. The van der Waals surface area contributed by atoms with Gasteiger partial charge in [0.15, 0.2) is 0 Å². The summed E-state index contributed by atoms with van der Waals surface area (Å²) in [5.74, 6) is 0.335. The van der Waals surface area contributed by atoms with Crippen LogP contribution in [0.3, 0.4) is 0 Å². The molecule has 6 heteroatoms. The molecule has 2 aromatic carbocycles. The zero-order chi connectivity index (χ0) is 24.4. The largest absolute Gasteiger partial charge is 0.468 e. The minimum atomic E-state index is -0.716. The topological polar surface area (TPSA) is 55.8 Å². The molecule has 0 spiro atoms. The molecule has 0 aliphatic carbocycles. The molecule has 3 rings (SSSR count). The third kappa shape index (κ3) is 6.10. The van der Waals surface area contributed by atoms with Gasteiger partial charge in [-0.1, -0.05) is 67.9 Å². The molecular weight excluding hydrogens is 446 g/mol. The zero-order valence-corrected chi connectivity index (χ0v) is 21.2. The predicted molar refractivity (Wildman–Crippen MR) is 138 cm³/mol. The molecule has 0 saturated carbocycles. The van der Waals surface area contributed by atoms with Gasteiger partial charge in [-0.2, -0.15) is 0 Å². The molecule has 0 N–H and O–H groups in total. The quantitative estimate of drug-likeness (QED) is 0.235. The molecule has 1 heterocycles. The third-order valence-corrected chi connectivity index (χ3v) is 7.77. The first-order valence-electron chi connectivity index (χ1n) is 12.0. The number of methoxy groups -OCH3 is 1. The van der Waals surface area contributed by atoms with Crippen molar-refractivity contribution in [2.45, 2.75) is 50.4 Å². The van der Waals surface area contributed by atoms with E-state index in [9.17, 15) is 9.59 Å². The molecule has 1 saturated heterocycles. The second kappa shape index (κ2) is 12.8. The summed E-state index contributed by atoms with van der Waals surface area (Å²) in [6.07, 6.45) is 6.08. The third-order valence-electron chi connectivity index (χ3n) is 6.17. The number of thioether (sulfide) groups is 1. The SMILES string of the molecule is CCCCS[C@]1(C(=O)OC)CCN(Cc2ccccc2)[C@@H]1c1ccccc1/C=C/C(=O)OCC. The highest BCUT2D eigenvalue weighted by Crippen LogP contribution is 2.51. The van der Waals surface area contributed by atoms with Crippen LogP contribution in [-0.4, -0.2) is 47.6 Å². The Morgan fingerprint density at radius 3 is 2.56 bits per heavy atom. The molecular formula is C28H35NO4S. The molecule has 0 bridgehead atoms. The van der Waals surface area contributed by atoms with Gasteiger partial charge in [0.05, 0.1) is 19.8 Å². The summed E-state index contributed by atoms with van der Waals surface area (Å²) in [5, 5.41) is 0. The number of likely N-dealkylation sites (tertiary alicyclic amines) is 1. The van der Waals surface area contributed by atoms with Gasteiger partial charge in [0, 0.05) is 19.2 Å². The first-order chi connectivity index (χ1) is 16.6. The van der Waals surface area contributed by atoms with E-state index in [0.29, 0.717) is 13.0 Å². The van der Waals surface area contributed by atoms with Gasteiger partial charge < -0.3 is 9.47 Å². The molecule has 182 valence electrons. The van der Waals surface area contributed by atoms with Gasteiger partial charge in [0.1, 0.15) is 4.75 Å². The van der Waals surface area contributed by atoms with Crippen LogP contribution in [0.25, 0.3) is 6.08 Å². The Bertz CT molecular complexity index is 977. The fourth-order valence-electron chi connectivity index (χ4n) is 4.56. The molecule has 34 heavy (non-hydrogen) atoms. The van der Waals surface area contributed by atoms with E-state index in [0.717, 1.165) is 42.8 Å². The maximum absolute atomic E-state index is 13.4. The van der Waals surface area contributed by atoms with Gasteiger partial charge in [0.2, 0.25) is 0 Å². The van der Waals surface area contributed by atoms with Crippen LogP contribution in [-0.2, 0) is 25.6 Å². The molecule has 1 aliphatic heterocycles. The fourth-order valence-corrected chi connectivity index (χ4v) is 6.23. The van der Waals surface area contributed by atoms with Gasteiger partial charge >= 0.3 is 11.9 Å². The highest BCUT2D eigenvalue weighted by atomic mass is 32.2. The van der Waals surface area contributed by atoms with E-state index in [2.05, 4.69) is 30.0 Å². The van der Waals surface area contributed by atoms with Crippen LogP contribution in [0.15, 0.2) is 60.7 Å². The number of rotatable bonds is 11. The van der Waals surface area contributed by atoms with Crippen molar-refractivity contribution in [3.05, 3.63) is 77.4 Å². The van der Waals surface area contributed by atoms with Gasteiger partial charge in [-0.15, -0.1) is 11.8 Å². The van der Waals surface area contributed by atoms with Crippen LogP contribution in [0.2, 0.25) is 0 Å². The second-order valence-corrected chi connectivity index (χ2v) is 9.83. The molecule has 1 fully saturated rings. The first kappa shape index (κ1) is 26.0. The van der Waals surface area contributed by atoms with Gasteiger partial charge in [-0.05, 0) is 48.3 Å². The molecule has 0 amide bonds. The van der Waals surface area contributed by atoms with Crippen LogP contribution >= 0.6 is 11.8 Å². The van der Waals surface area contributed by atoms with E-state index in [1.165, 1.54) is 18.7 Å². The van der Waals surface area contributed by atoms with E-state index in [4.69, 9.17) is 9.47 Å². The first-order valence-corrected chi connectivity index (χ1v) is 13.0. The van der Waals surface area contributed by atoms with E-state index in [1.54, 1.807) is 24.8 Å². The summed E-state index contributed by atoms with van der Waals surface area (Å²) in [6, 6.07) is 18.1. The van der Waals surface area contributed by atoms with Crippen molar-refractivity contribution in [3.63, 3.8) is 0 Å². The summed E-state index contributed by atoms with van der Waals surface area (Å²) in [7, 11) is 1.48. The molecule has 5 nitrogen and oxygen atoms in total. The van der Waals surface area contributed by atoms with Gasteiger partial charge in [0.25, 0.3) is 0 Å². The van der Waals surface area contributed by atoms with Crippen LogP contribution in [0.5, 0.6) is 0 Å². The van der Waals surface area contributed by atoms with Crippen molar-refractivity contribution >= 4 is 29.8 Å². The predicted octanol–water partition coefficient (Wildman–Crippen LogP) is 5.66. The number of benzene rings is 2. The van der Waals surface area contributed by atoms with Crippen LogP contribution < -0.4 is 0 Å². The lowest BCUT2D eigenvalue weighted by molar-refractivity contribution is -0.144. The number of carbonyl (C=O) groups excluding carboxylic acids is 2. The minimum Gasteiger partial charge on any atom is -0.468 e. The van der Waals surface area contributed by atoms with Crippen molar-refractivity contribution in [1.82, 2.24) is 4.90 Å².